The van der Waals surface area contributed by atoms with Crippen molar-refractivity contribution in [1.82, 2.24) is 29.5 Å². The van der Waals surface area contributed by atoms with Crippen LogP contribution in [0.15, 0.2) is 24.5 Å². The molecule has 0 unspecified atom stereocenters. The monoisotopic (exact) mass is 380 g/mol. The summed E-state index contributed by atoms with van der Waals surface area (Å²) < 4.78 is 3.54. The van der Waals surface area contributed by atoms with Gasteiger partial charge in [-0.05, 0) is 32.8 Å². The molecule has 3 N–H and O–H groups in total. The molecule has 0 saturated heterocycles. The van der Waals surface area contributed by atoms with Gasteiger partial charge in [0.25, 0.3) is 0 Å². The molecule has 0 radical (unpaired) electrons. The third-order valence-corrected chi connectivity index (χ3v) is 4.90. The van der Waals surface area contributed by atoms with Gasteiger partial charge < -0.3 is 11.1 Å². The van der Waals surface area contributed by atoms with Crippen LogP contribution in [0, 0.1) is 13.8 Å². The molecule has 0 aromatic carbocycles. The van der Waals surface area contributed by atoms with E-state index in [0.717, 1.165) is 35.6 Å². The fourth-order valence-electron chi connectivity index (χ4n) is 3.69. The molecule has 146 valence electrons. The number of anilines is 2. The number of nitrogens with two attached hydrogens (primary N) is 1. The van der Waals surface area contributed by atoms with Gasteiger partial charge in [0.15, 0.2) is 0 Å². The van der Waals surface area contributed by atoms with Crippen molar-refractivity contribution in [3.05, 3.63) is 35.9 Å². The molecule has 1 fully saturated rings. The van der Waals surface area contributed by atoms with Crippen molar-refractivity contribution in [3.8, 4) is 11.3 Å². The van der Waals surface area contributed by atoms with E-state index in [1.165, 1.54) is 12.8 Å². The number of carbonyl (C=O) groups excluding carboxylic acids is 1. The van der Waals surface area contributed by atoms with E-state index in [0.29, 0.717) is 11.7 Å². The largest absolute Gasteiger partial charge is 0.368 e. The van der Waals surface area contributed by atoms with Gasteiger partial charge in [-0.15, -0.1) is 0 Å². The molecule has 3 heterocycles. The highest BCUT2D eigenvalue weighted by atomic mass is 16.2. The number of rotatable bonds is 5. The van der Waals surface area contributed by atoms with Gasteiger partial charge in [0.05, 0.1) is 23.6 Å². The van der Waals surface area contributed by atoms with Crippen LogP contribution in [0.25, 0.3) is 11.3 Å². The Kier molecular flexibility index (Phi) is 4.81. The van der Waals surface area contributed by atoms with Crippen LogP contribution in [0.5, 0.6) is 0 Å². The maximum absolute atomic E-state index is 12.6. The van der Waals surface area contributed by atoms with E-state index in [1.807, 2.05) is 30.7 Å². The quantitative estimate of drug-likeness (QED) is 0.702. The van der Waals surface area contributed by atoms with Gasteiger partial charge in [-0.3, -0.25) is 9.48 Å². The summed E-state index contributed by atoms with van der Waals surface area (Å²) in [5, 5.41) is 11.8. The summed E-state index contributed by atoms with van der Waals surface area (Å²) in [5.74, 6) is 0.823. The van der Waals surface area contributed by atoms with Crippen LogP contribution >= 0.6 is 0 Å². The van der Waals surface area contributed by atoms with Crippen molar-refractivity contribution in [3.63, 3.8) is 0 Å². The minimum Gasteiger partial charge on any atom is -0.368 e. The molecule has 1 amide bonds. The third kappa shape index (κ3) is 3.88. The van der Waals surface area contributed by atoms with Crippen LogP contribution in [0.4, 0.5) is 11.8 Å². The topological polar surface area (TPSA) is 117 Å². The molecule has 1 saturated carbocycles. The highest BCUT2D eigenvalue weighted by Crippen LogP contribution is 2.31. The van der Waals surface area contributed by atoms with Crippen molar-refractivity contribution in [1.29, 1.82) is 0 Å². The van der Waals surface area contributed by atoms with Crippen molar-refractivity contribution < 1.29 is 4.79 Å². The smallest absolute Gasteiger partial charge is 0.247 e. The molecule has 0 atom stereocenters. The molecule has 3 aromatic heterocycles. The number of hydrogen-bond donors (Lipinski definition) is 2. The van der Waals surface area contributed by atoms with Crippen LogP contribution in [-0.4, -0.2) is 35.4 Å². The van der Waals surface area contributed by atoms with Crippen molar-refractivity contribution in [2.24, 2.45) is 0 Å². The number of nitrogens with one attached hydrogen (secondary N) is 1. The SMILES string of the molecule is Cc1cc(-c2cnn(CC(=O)Nc3cc(C)nn3C3CCCC3)c2)nc(N)n1. The first-order valence-electron chi connectivity index (χ1n) is 9.48. The van der Waals surface area contributed by atoms with Gasteiger partial charge >= 0.3 is 0 Å². The molecule has 0 spiro atoms. The molecule has 1 aliphatic carbocycles. The van der Waals surface area contributed by atoms with Crippen molar-refractivity contribution in [2.75, 3.05) is 11.1 Å². The Bertz CT molecular complexity index is 979. The first kappa shape index (κ1) is 18.1. The second kappa shape index (κ2) is 7.41. The zero-order valence-corrected chi connectivity index (χ0v) is 16.1. The van der Waals surface area contributed by atoms with Crippen molar-refractivity contribution >= 4 is 17.7 Å². The summed E-state index contributed by atoms with van der Waals surface area (Å²) in [4.78, 5) is 20.8. The van der Waals surface area contributed by atoms with E-state index in [1.54, 1.807) is 17.1 Å². The standard InChI is InChI=1S/C19H24N8O/c1-12-7-16(23-19(20)22-12)14-9-21-26(10-14)11-18(28)24-17-8-13(2)25-27(17)15-5-3-4-6-15/h7-10,15H,3-6,11H2,1-2H3,(H,24,28)(H2,20,22,23). The average molecular weight is 380 g/mol. The number of aryl methyl sites for hydroxylation is 2. The van der Waals surface area contributed by atoms with Gasteiger partial charge in [-0.2, -0.15) is 10.2 Å². The Morgan fingerprint density at radius 3 is 2.75 bits per heavy atom. The second-order valence-corrected chi connectivity index (χ2v) is 7.28. The Morgan fingerprint density at radius 2 is 2.00 bits per heavy atom. The lowest BCUT2D eigenvalue weighted by atomic mass is 10.2. The molecule has 0 aliphatic heterocycles. The van der Waals surface area contributed by atoms with Crippen LogP contribution in [0.3, 0.4) is 0 Å². The summed E-state index contributed by atoms with van der Waals surface area (Å²) in [6, 6.07) is 4.12. The first-order chi connectivity index (χ1) is 13.5. The van der Waals surface area contributed by atoms with Gasteiger partial charge in [0.2, 0.25) is 11.9 Å². The Hall–Kier alpha value is -3.23. The first-order valence-corrected chi connectivity index (χ1v) is 9.48. The van der Waals surface area contributed by atoms with Crippen LogP contribution in [0.1, 0.15) is 43.1 Å². The highest BCUT2D eigenvalue weighted by Gasteiger charge is 2.21. The molecule has 9 heteroatoms. The maximum atomic E-state index is 12.6. The van der Waals surface area contributed by atoms with Crippen LogP contribution in [-0.2, 0) is 11.3 Å². The van der Waals surface area contributed by atoms with Crippen molar-refractivity contribution in [2.45, 2.75) is 52.1 Å². The van der Waals surface area contributed by atoms with Crippen LogP contribution in [0.2, 0.25) is 0 Å². The molecular formula is C19H24N8O. The van der Waals surface area contributed by atoms with E-state index in [-0.39, 0.29) is 18.4 Å². The Balaban J connectivity index is 1.46. The van der Waals surface area contributed by atoms with E-state index >= 15 is 0 Å². The number of aromatic nitrogens is 6. The van der Waals surface area contributed by atoms with E-state index < -0.39 is 0 Å². The molecule has 28 heavy (non-hydrogen) atoms. The average Bonchev–Trinajstić information content (AvgIpc) is 3.35. The predicted octanol–water partition coefficient (Wildman–Crippen LogP) is 2.49. The highest BCUT2D eigenvalue weighted by molar-refractivity contribution is 5.89. The maximum Gasteiger partial charge on any atom is 0.247 e. The zero-order chi connectivity index (χ0) is 19.7. The molecular weight excluding hydrogens is 356 g/mol. The van der Waals surface area contributed by atoms with Gasteiger partial charge in [0, 0.05) is 23.5 Å². The number of nitrogen functional groups attached to an aromatic ring is 1. The number of hydrogen-bond acceptors (Lipinski definition) is 6. The van der Waals surface area contributed by atoms with Gasteiger partial charge in [0.1, 0.15) is 12.4 Å². The molecule has 3 aromatic rings. The van der Waals surface area contributed by atoms with E-state index in [2.05, 4.69) is 25.5 Å². The number of carbonyl (C=O) groups is 1. The van der Waals surface area contributed by atoms with Crippen LogP contribution < -0.4 is 11.1 Å². The predicted molar refractivity (Wildman–Crippen MR) is 106 cm³/mol. The molecule has 9 nitrogen and oxygen atoms in total. The number of amides is 1. The third-order valence-electron chi connectivity index (χ3n) is 4.90. The Morgan fingerprint density at radius 1 is 1.21 bits per heavy atom. The normalized spacial score (nSPS) is 14.5. The lowest BCUT2D eigenvalue weighted by Gasteiger charge is -2.14. The second-order valence-electron chi connectivity index (χ2n) is 7.28. The minimum absolute atomic E-state index is 0.106. The Labute approximate surface area is 163 Å². The summed E-state index contributed by atoms with van der Waals surface area (Å²) in [6.45, 7) is 3.90. The summed E-state index contributed by atoms with van der Waals surface area (Å²) in [6.07, 6.45) is 8.07. The molecule has 4 rings (SSSR count). The van der Waals surface area contributed by atoms with Gasteiger partial charge in [-0.1, -0.05) is 12.8 Å². The molecule has 1 aliphatic rings. The van der Waals surface area contributed by atoms with E-state index in [4.69, 9.17) is 5.73 Å². The minimum atomic E-state index is -0.146. The number of nitrogens with zero attached hydrogens (tertiary/aromatic N) is 6. The fourth-order valence-corrected chi connectivity index (χ4v) is 3.69. The van der Waals surface area contributed by atoms with E-state index in [9.17, 15) is 4.79 Å². The summed E-state index contributed by atoms with van der Waals surface area (Å²) >= 11 is 0. The fraction of sp³-hybridized carbons (Fsp3) is 0.421. The summed E-state index contributed by atoms with van der Waals surface area (Å²) in [7, 11) is 0. The lowest BCUT2D eigenvalue weighted by molar-refractivity contribution is -0.117. The zero-order valence-electron chi connectivity index (χ0n) is 16.1. The summed E-state index contributed by atoms with van der Waals surface area (Å²) in [5.41, 5.74) is 8.88. The van der Waals surface area contributed by atoms with Gasteiger partial charge in [-0.25, -0.2) is 14.6 Å². The lowest BCUT2D eigenvalue weighted by Crippen LogP contribution is -2.22. The molecule has 0 bridgehead atoms.